The summed E-state index contributed by atoms with van der Waals surface area (Å²) in [6.45, 7) is 4.80. The first kappa shape index (κ1) is 17.5. The topological polar surface area (TPSA) is 52.6 Å². The molecule has 0 aliphatic carbocycles. The van der Waals surface area contributed by atoms with Gasteiger partial charge in [0.1, 0.15) is 0 Å². The summed E-state index contributed by atoms with van der Waals surface area (Å²) in [5.74, 6) is 0. The molecule has 2 N–H and O–H groups in total. The lowest BCUT2D eigenvalue weighted by Crippen LogP contribution is -2.39. The van der Waals surface area contributed by atoms with Crippen LogP contribution in [-0.2, 0) is 0 Å². The molecular formula is C21H26N2O2. The molecular weight excluding hydrogens is 312 g/mol. The number of likely N-dealkylation sites (tertiary alicyclic amines) is 1. The average Bonchev–Trinajstić information content (AvgIpc) is 3.08. The number of carbonyl (C=O) groups excluding carboxylic acids is 1. The van der Waals surface area contributed by atoms with Crippen LogP contribution in [-0.4, -0.2) is 28.6 Å². The predicted molar refractivity (Wildman–Crippen MR) is 101 cm³/mol. The Morgan fingerprint density at radius 3 is 2.72 bits per heavy atom. The summed E-state index contributed by atoms with van der Waals surface area (Å²) in [6, 6.07) is 15.6. The second kappa shape index (κ2) is 7.70. The first-order chi connectivity index (χ1) is 12.1. The Morgan fingerprint density at radius 1 is 1.20 bits per heavy atom. The van der Waals surface area contributed by atoms with Gasteiger partial charge >= 0.3 is 6.03 Å². The second-order valence-corrected chi connectivity index (χ2v) is 6.83. The van der Waals surface area contributed by atoms with Crippen molar-refractivity contribution in [1.82, 2.24) is 4.90 Å². The van der Waals surface area contributed by atoms with E-state index in [9.17, 15) is 9.90 Å². The van der Waals surface area contributed by atoms with Crippen LogP contribution < -0.4 is 5.32 Å². The molecule has 1 heterocycles. The fraction of sp³-hybridized carbons (Fsp3) is 0.381. The minimum Gasteiger partial charge on any atom is -0.388 e. The van der Waals surface area contributed by atoms with Crippen LogP contribution in [0.3, 0.4) is 0 Å². The van der Waals surface area contributed by atoms with Gasteiger partial charge in [-0.2, -0.15) is 0 Å². The Bertz CT molecular complexity index is 730. The number of anilines is 1. The van der Waals surface area contributed by atoms with Crippen molar-refractivity contribution in [1.29, 1.82) is 0 Å². The summed E-state index contributed by atoms with van der Waals surface area (Å²) in [7, 11) is 0. The predicted octanol–water partition coefficient (Wildman–Crippen LogP) is 4.42. The van der Waals surface area contributed by atoms with Crippen molar-refractivity contribution < 1.29 is 9.90 Å². The van der Waals surface area contributed by atoms with Crippen molar-refractivity contribution in [3.63, 3.8) is 0 Å². The van der Waals surface area contributed by atoms with E-state index in [0.29, 0.717) is 6.42 Å². The molecule has 1 fully saturated rings. The van der Waals surface area contributed by atoms with Crippen molar-refractivity contribution >= 4 is 11.7 Å². The summed E-state index contributed by atoms with van der Waals surface area (Å²) in [5.41, 5.74) is 4.02. The number of carbonyl (C=O) groups is 1. The maximum atomic E-state index is 12.7. The summed E-state index contributed by atoms with van der Waals surface area (Å²) in [5, 5.41) is 13.5. The molecule has 2 unspecified atom stereocenters. The maximum Gasteiger partial charge on any atom is 0.322 e. The average molecular weight is 338 g/mol. The lowest BCUT2D eigenvalue weighted by atomic mass is 10.0. The van der Waals surface area contributed by atoms with E-state index in [-0.39, 0.29) is 12.1 Å². The van der Waals surface area contributed by atoms with Gasteiger partial charge in [-0.15, -0.1) is 0 Å². The molecule has 1 saturated heterocycles. The number of aryl methyl sites for hydroxylation is 1. The SMILES string of the molecule is Cc1cccc(NC(=O)N2CCCC2CC(O)c2ccccc2)c1C. The van der Waals surface area contributed by atoms with Gasteiger partial charge in [-0.25, -0.2) is 4.79 Å². The molecule has 0 radical (unpaired) electrons. The smallest absolute Gasteiger partial charge is 0.322 e. The Morgan fingerprint density at radius 2 is 1.96 bits per heavy atom. The zero-order chi connectivity index (χ0) is 17.8. The monoisotopic (exact) mass is 338 g/mol. The van der Waals surface area contributed by atoms with E-state index >= 15 is 0 Å². The molecule has 2 aromatic carbocycles. The number of aliphatic hydroxyl groups excluding tert-OH is 1. The van der Waals surface area contributed by atoms with Crippen LogP contribution in [0.2, 0.25) is 0 Å². The maximum absolute atomic E-state index is 12.7. The Labute approximate surface area is 149 Å². The molecule has 0 bridgehead atoms. The first-order valence-electron chi connectivity index (χ1n) is 8.93. The summed E-state index contributed by atoms with van der Waals surface area (Å²) >= 11 is 0. The largest absolute Gasteiger partial charge is 0.388 e. The van der Waals surface area contributed by atoms with Gasteiger partial charge in [-0.05, 0) is 55.9 Å². The zero-order valence-corrected chi connectivity index (χ0v) is 14.9. The minimum absolute atomic E-state index is 0.0697. The number of rotatable bonds is 4. The van der Waals surface area contributed by atoms with Gasteiger partial charge in [0.15, 0.2) is 0 Å². The van der Waals surface area contributed by atoms with Gasteiger partial charge in [0.2, 0.25) is 0 Å². The van der Waals surface area contributed by atoms with E-state index in [0.717, 1.165) is 41.8 Å². The number of nitrogens with one attached hydrogen (secondary N) is 1. The zero-order valence-electron chi connectivity index (χ0n) is 14.9. The third-order valence-electron chi connectivity index (χ3n) is 5.16. The van der Waals surface area contributed by atoms with Crippen molar-refractivity contribution in [2.45, 2.75) is 45.3 Å². The van der Waals surface area contributed by atoms with E-state index in [1.54, 1.807) is 0 Å². The highest BCUT2D eigenvalue weighted by molar-refractivity contribution is 5.90. The van der Waals surface area contributed by atoms with Gasteiger partial charge in [0.25, 0.3) is 0 Å². The van der Waals surface area contributed by atoms with Crippen molar-refractivity contribution in [2.75, 3.05) is 11.9 Å². The van der Waals surface area contributed by atoms with E-state index < -0.39 is 6.10 Å². The molecule has 3 rings (SSSR count). The third-order valence-corrected chi connectivity index (χ3v) is 5.16. The van der Waals surface area contributed by atoms with Crippen LogP contribution in [0.5, 0.6) is 0 Å². The Hall–Kier alpha value is -2.33. The number of amides is 2. The first-order valence-corrected chi connectivity index (χ1v) is 8.93. The Balaban J connectivity index is 1.66. The lowest BCUT2D eigenvalue weighted by molar-refractivity contribution is 0.130. The second-order valence-electron chi connectivity index (χ2n) is 6.83. The minimum atomic E-state index is -0.541. The quantitative estimate of drug-likeness (QED) is 0.867. The van der Waals surface area contributed by atoms with Gasteiger partial charge in [-0.3, -0.25) is 0 Å². The molecule has 4 nitrogen and oxygen atoms in total. The molecule has 132 valence electrons. The molecule has 25 heavy (non-hydrogen) atoms. The number of benzene rings is 2. The van der Waals surface area contributed by atoms with Crippen molar-refractivity contribution in [3.8, 4) is 0 Å². The highest BCUT2D eigenvalue weighted by Gasteiger charge is 2.30. The number of hydrogen-bond acceptors (Lipinski definition) is 2. The number of nitrogens with zero attached hydrogens (tertiary/aromatic N) is 1. The summed E-state index contributed by atoms with van der Waals surface area (Å²) in [4.78, 5) is 14.6. The van der Waals surface area contributed by atoms with Crippen LogP contribution in [0.1, 0.15) is 42.1 Å². The van der Waals surface area contributed by atoms with Gasteiger partial charge in [0, 0.05) is 18.3 Å². The Kier molecular flexibility index (Phi) is 5.39. The molecule has 0 saturated carbocycles. The molecule has 4 heteroatoms. The van der Waals surface area contributed by atoms with Crippen LogP contribution in [0.25, 0.3) is 0 Å². The van der Waals surface area contributed by atoms with E-state index in [1.807, 2.05) is 67.3 Å². The van der Waals surface area contributed by atoms with Crippen molar-refractivity contribution in [2.24, 2.45) is 0 Å². The van der Waals surface area contributed by atoms with Crippen LogP contribution in [0, 0.1) is 13.8 Å². The number of aliphatic hydroxyl groups is 1. The highest BCUT2D eigenvalue weighted by atomic mass is 16.3. The summed E-state index contributed by atoms with van der Waals surface area (Å²) in [6.07, 6.45) is 1.95. The lowest BCUT2D eigenvalue weighted by Gasteiger charge is -2.27. The van der Waals surface area contributed by atoms with Crippen LogP contribution >= 0.6 is 0 Å². The number of hydrogen-bond donors (Lipinski definition) is 2. The van der Waals surface area contributed by atoms with Crippen molar-refractivity contribution in [3.05, 3.63) is 65.2 Å². The van der Waals surface area contributed by atoms with E-state index in [2.05, 4.69) is 5.32 Å². The standard InChI is InChI=1S/C21H26N2O2/c1-15-8-6-12-19(16(15)2)22-21(25)23-13-7-11-18(23)14-20(24)17-9-4-3-5-10-17/h3-6,8-10,12,18,20,24H,7,11,13-14H2,1-2H3,(H,22,25). The normalized spacial score (nSPS) is 18.2. The molecule has 1 aliphatic heterocycles. The fourth-order valence-electron chi connectivity index (χ4n) is 3.49. The molecule has 0 spiro atoms. The number of urea groups is 1. The molecule has 0 aromatic heterocycles. The van der Waals surface area contributed by atoms with Gasteiger partial charge in [-0.1, -0.05) is 42.5 Å². The van der Waals surface area contributed by atoms with Gasteiger partial charge in [0.05, 0.1) is 6.10 Å². The summed E-state index contributed by atoms with van der Waals surface area (Å²) < 4.78 is 0. The van der Waals surface area contributed by atoms with E-state index in [4.69, 9.17) is 0 Å². The van der Waals surface area contributed by atoms with Crippen LogP contribution in [0.4, 0.5) is 10.5 Å². The molecule has 2 amide bonds. The highest BCUT2D eigenvalue weighted by Crippen LogP contribution is 2.28. The van der Waals surface area contributed by atoms with Gasteiger partial charge < -0.3 is 15.3 Å². The molecule has 2 aromatic rings. The molecule has 1 aliphatic rings. The third kappa shape index (κ3) is 4.02. The fourth-order valence-corrected chi connectivity index (χ4v) is 3.49. The van der Waals surface area contributed by atoms with E-state index in [1.165, 1.54) is 0 Å². The van der Waals surface area contributed by atoms with Crippen LogP contribution in [0.15, 0.2) is 48.5 Å². The molecule has 2 atom stereocenters.